The first kappa shape index (κ1) is 22.2. The summed E-state index contributed by atoms with van der Waals surface area (Å²) in [5.41, 5.74) is -6.57. The van der Waals surface area contributed by atoms with Crippen molar-refractivity contribution in [3.05, 3.63) is 34.9 Å². The van der Waals surface area contributed by atoms with E-state index >= 15 is 0 Å². The summed E-state index contributed by atoms with van der Waals surface area (Å²) in [6.07, 6.45) is -19.7. The maximum absolute atomic E-state index is 13.5. The van der Waals surface area contributed by atoms with Gasteiger partial charge in [0, 0.05) is 0 Å². The minimum absolute atomic E-state index is 0.629. The van der Waals surface area contributed by atoms with E-state index in [4.69, 9.17) is 11.6 Å². The van der Waals surface area contributed by atoms with Crippen LogP contribution in [0.2, 0.25) is 5.02 Å². The Kier molecular flexibility index (Phi) is 5.11. The van der Waals surface area contributed by atoms with Gasteiger partial charge in [-0.1, -0.05) is 23.7 Å². The highest BCUT2D eigenvalue weighted by molar-refractivity contribution is 6.34. The Labute approximate surface area is 152 Å². The largest absolute Gasteiger partial charge is 0.463 e. The molecule has 0 saturated heterocycles. The van der Waals surface area contributed by atoms with E-state index in [1.54, 1.807) is 4.99 Å². The normalized spacial score (nSPS) is 18.3. The lowest BCUT2D eigenvalue weighted by Gasteiger charge is -2.35. The molecule has 3 nitrogen and oxygen atoms in total. The SMILES string of the molecule is FC(F)(F)C(F)(F)C1=NC(C(F)(F)F)(C(F)(F)F)N=C(c2ccccc2Cl)O1. The van der Waals surface area contributed by atoms with Gasteiger partial charge in [0.2, 0.25) is 5.90 Å². The molecule has 0 fully saturated rings. The maximum Gasteiger partial charge on any atom is 0.463 e. The van der Waals surface area contributed by atoms with E-state index in [0.717, 1.165) is 18.2 Å². The molecule has 1 aliphatic rings. The van der Waals surface area contributed by atoms with Crippen molar-refractivity contribution in [1.82, 2.24) is 0 Å². The number of hydrogen-bond acceptors (Lipinski definition) is 3. The summed E-state index contributed by atoms with van der Waals surface area (Å²) in [4.78, 5) is 3.75. The molecule has 0 bridgehead atoms. The molecule has 0 radical (unpaired) electrons. The molecule has 0 N–H and O–H groups in total. The van der Waals surface area contributed by atoms with Gasteiger partial charge in [-0.15, -0.1) is 0 Å². The zero-order valence-electron chi connectivity index (χ0n) is 12.6. The van der Waals surface area contributed by atoms with Crippen LogP contribution in [0.25, 0.3) is 0 Å². The lowest BCUT2D eigenvalue weighted by molar-refractivity contribution is -0.296. The number of ether oxygens (including phenoxy) is 1. The van der Waals surface area contributed by atoms with Gasteiger partial charge in [-0.05, 0) is 12.1 Å². The highest BCUT2D eigenvalue weighted by Gasteiger charge is 2.76. The first-order valence-corrected chi connectivity index (χ1v) is 7.03. The molecule has 0 spiro atoms. The third-order valence-electron chi connectivity index (χ3n) is 3.24. The molecule has 1 aromatic rings. The average molecular weight is 449 g/mol. The molecule has 0 atom stereocenters. The smallest absolute Gasteiger partial charge is 0.418 e. The number of hydrogen-bond donors (Lipinski definition) is 0. The van der Waals surface area contributed by atoms with Crippen LogP contribution >= 0.6 is 11.6 Å². The molecule has 1 aliphatic heterocycles. The Morgan fingerprint density at radius 2 is 1.29 bits per heavy atom. The standard InChI is InChI=1S/C13H4ClF11N2O/c14-6-4-2-1-3-5(6)7-26-10(12(20,21)22,13(23,24)25)27-8(28-7)9(15,16)11(17,18)19/h1-4H. The van der Waals surface area contributed by atoms with Gasteiger partial charge in [0.25, 0.3) is 5.90 Å². The van der Waals surface area contributed by atoms with E-state index in [9.17, 15) is 48.3 Å². The monoisotopic (exact) mass is 448 g/mol. The van der Waals surface area contributed by atoms with Crippen LogP contribution in [0.15, 0.2) is 34.3 Å². The number of benzene rings is 1. The molecule has 0 saturated carbocycles. The van der Waals surface area contributed by atoms with Crippen molar-refractivity contribution < 1.29 is 53.0 Å². The fourth-order valence-corrected chi connectivity index (χ4v) is 2.09. The van der Waals surface area contributed by atoms with E-state index in [-0.39, 0.29) is 0 Å². The van der Waals surface area contributed by atoms with Crippen molar-refractivity contribution >= 4 is 23.4 Å². The Balaban J connectivity index is 2.85. The number of rotatable bonds is 2. The second-order valence-electron chi connectivity index (χ2n) is 5.16. The molecule has 0 unspecified atom stereocenters. The first-order valence-electron chi connectivity index (χ1n) is 6.65. The van der Waals surface area contributed by atoms with Crippen molar-refractivity contribution in [3.63, 3.8) is 0 Å². The predicted octanol–water partition coefficient (Wildman–Crippen LogP) is 5.53. The zero-order valence-corrected chi connectivity index (χ0v) is 13.4. The summed E-state index contributed by atoms with van der Waals surface area (Å²) in [5, 5.41) is -0.629. The molecule has 15 heteroatoms. The highest BCUT2D eigenvalue weighted by atomic mass is 35.5. The van der Waals surface area contributed by atoms with Crippen molar-refractivity contribution in [3.8, 4) is 0 Å². The van der Waals surface area contributed by atoms with E-state index in [0.29, 0.717) is 6.07 Å². The summed E-state index contributed by atoms with van der Waals surface area (Å²) in [5.74, 6) is -11.3. The fraction of sp³-hybridized carbons (Fsp3) is 0.385. The van der Waals surface area contributed by atoms with Crippen LogP contribution < -0.4 is 0 Å². The third kappa shape index (κ3) is 3.49. The molecule has 0 amide bonds. The first-order chi connectivity index (χ1) is 12.4. The van der Waals surface area contributed by atoms with Gasteiger partial charge in [-0.2, -0.15) is 48.3 Å². The van der Waals surface area contributed by atoms with Crippen LogP contribution in [0.1, 0.15) is 5.56 Å². The molecular formula is C13H4ClF11N2O. The fourth-order valence-electron chi connectivity index (χ4n) is 1.88. The van der Waals surface area contributed by atoms with Crippen LogP contribution in [0.5, 0.6) is 0 Å². The second kappa shape index (κ2) is 6.46. The van der Waals surface area contributed by atoms with Crippen molar-refractivity contribution in [2.24, 2.45) is 9.98 Å². The molecule has 28 heavy (non-hydrogen) atoms. The summed E-state index contributed by atoms with van der Waals surface area (Å²) in [7, 11) is 0. The third-order valence-corrected chi connectivity index (χ3v) is 3.57. The topological polar surface area (TPSA) is 34.0 Å². The van der Waals surface area contributed by atoms with Gasteiger partial charge < -0.3 is 4.74 Å². The summed E-state index contributed by atoms with van der Waals surface area (Å²) in [6.45, 7) is 0. The summed E-state index contributed by atoms with van der Waals surface area (Å²) < 4.78 is 148. The lowest BCUT2D eigenvalue weighted by Crippen LogP contribution is -2.59. The van der Waals surface area contributed by atoms with E-state index < -0.39 is 52.5 Å². The Hall–Kier alpha value is -2.12. The molecule has 0 aromatic heterocycles. The van der Waals surface area contributed by atoms with Gasteiger partial charge in [-0.25, -0.2) is 9.98 Å². The van der Waals surface area contributed by atoms with Gasteiger partial charge in [0.15, 0.2) is 0 Å². The molecule has 1 aromatic carbocycles. The van der Waals surface area contributed by atoms with Crippen molar-refractivity contribution in [2.75, 3.05) is 0 Å². The molecular weight excluding hydrogens is 445 g/mol. The molecule has 2 rings (SSSR count). The number of nitrogens with zero attached hydrogens (tertiary/aromatic N) is 2. The maximum atomic E-state index is 13.5. The lowest BCUT2D eigenvalue weighted by atomic mass is 10.1. The average Bonchev–Trinajstić information content (AvgIpc) is 2.51. The summed E-state index contributed by atoms with van der Waals surface area (Å²) >= 11 is 5.56. The van der Waals surface area contributed by atoms with Gasteiger partial charge >= 0.3 is 30.1 Å². The molecule has 156 valence electrons. The minimum atomic E-state index is -6.61. The van der Waals surface area contributed by atoms with Crippen LogP contribution in [-0.4, -0.2) is 41.9 Å². The Morgan fingerprint density at radius 3 is 1.71 bits per heavy atom. The van der Waals surface area contributed by atoms with E-state index in [2.05, 4.69) is 9.73 Å². The van der Waals surface area contributed by atoms with Crippen LogP contribution in [0.4, 0.5) is 48.3 Å². The van der Waals surface area contributed by atoms with Gasteiger partial charge in [0.1, 0.15) is 0 Å². The number of alkyl halides is 11. The van der Waals surface area contributed by atoms with E-state index in [1.165, 1.54) is 0 Å². The highest BCUT2D eigenvalue weighted by Crippen LogP contribution is 2.50. The Morgan fingerprint density at radius 1 is 0.786 bits per heavy atom. The molecule has 1 heterocycles. The zero-order chi connectivity index (χ0) is 21.8. The minimum Gasteiger partial charge on any atom is -0.418 e. The van der Waals surface area contributed by atoms with Crippen molar-refractivity contribution in [2.45, 2.75) is 30.1 Å². The second-order valence-corrected chi connectivity index (χ2v) is 5.56. The number of halogens is 12. The van der Waals surface area contributed by atoms with Crippen LogP contribution in [-0.2, 0) is 4.74 Å². The van der Waals surface area contributed by atoms with E-state index in [1.807, 2.05) is 0 Å². The van der Waals surface area contributed by atoms with Gasteiger partial charge in [0.05, 0.1) is 10.6 Å². The molecule has 0 aliphatic carbocycles. The Bertz CT molecular complexity index is 809. The number of aliphatic imine (C=N–C) groups is 2. The summed E-state index contributed by atoms with van der Waals surface area (Å²) in [6, 6.07) is 3.74. The predicted molar refractivity (Wildman–Crippen MR) is 72.4 cm³/mol. The van der Waals surface area contributed by atoms with Crippen molar-refractivity contribution in [1.29, 1.82) is 0 Å². The van der Waals surface area contributed by atoms with Crippen LogP contribution in [0, 0.1) is 0 Å². The van der Waals surface area contributed by atoms with Gasteiger partial charge in [-0.3, -0.25) is 0 Å². The van der Waals surface area contributed by atoms with Crippen LogP contribution in [0.3, 0.4) is 0 Å². The quantitative estimate of drug-likeness (QED) is 0.548.